The van der Waals surface area contributed by atoms with Gasteiger partial charge in [0.1, 0.15) is 11.6 Å². The van der Waals surface area contributed by atoms with Gasteiger partial charge in [-0.15, -0.1) is 0 Å². The molecule has 0 spiro atoms. The van der Waals surface area contributed by atoms with Gasteiger partial charge >= 0.3 is 0 Å². The maximum absolute atomic E-state index is 13.7. The van der Waals surface area contributed by atoms with Crippen molar-refractivity contribution < 1.29 is 23.2 Å². The third-order valence-electron chi connectivity index (χ3n) is 5.79. The van der Waals surface area contributed by atoms with E-state index in [0.29, 0.717) is 6.54 Å². The summed E-state index contributed by atoms with van der Waals surface area (Å²) >= 11 is 0. The summed E-state index contributed by atoms with van der Waals surface area (Å²) in [6.07, 6.45) is -1.26. The van der Waals surface area contributed by atoms with Gasteiger partial charge < -0.3 is 20.9 Å². The molecule has 35 heavy (non-hydrogen) atoms. The van der Waals surface area contributed by atoms with Crippen LogP contribution < -0.4 is 11.1 Å². The predicted octanol–water partition coefficient (Wildman–Crippen LogP) is 2.66. The van der Waals surface area contributed by atoms with Gasteiger partial charge in [0.15, 0.2) is 6.17 Å². The standard InChI is InChI=1S/C26H24F2N4O3/c27-21-9-7-19(8-10-21)25(34)31-11-12-32(26(35)20-5-2-6-22(28)14-20)24(31)23(33)30-16-18-4-1-3-17(13-18)15-29/h1-10,13-14,24H,11-12,15-16,29H2,(H,30,33). The Bertz CT molecular complexity index is 1250. The number of nitrogens with zero attached hydrogens (tertiary/aromatic N) is 2. The fraction of sp³-hybridized carbons (Fsp3) is 0.192. The molecule has 1 unspecified atom stereocenters. The summed E-state index contributed by atoms with van der Waals surface area (Å²) in [5, 5.41) is 2.78. The van der Waals surface area contributed by atoms with Crippen LogP contribution in [0.1, 0.15) is 31.8 Å². The maximum Gasteiger partial charge on any atom is 0.264 e. The van der Waals surface area contributed by atoms with Crippen molar-refractivity contribution in [2.45, 2.75) is 19.3 Å². The van der Waals surface area contributed by atoms with E-state index in [9.17, 15) is 23.2 Å². The first-order chi connectivity index (χ1) is 16.9. The first-order valence-electron chi connectivity index (χ1n) is 11.1. The van der Waals surface area contributed by atoms with E-state index >= 15 is 0 Å². The molecule has 3 N–H and O–H groups in total. The molecule has 0 radical (unpaired) electrons. The summed E-state index contributed by atoms with van der Waals surface area (Å²) in [4.78, 5) is 42.2. The van der Waals surface area contributed by atoms with Gasteiger partial charge in [-0.2, -0.15) is 0 Å². The van der Waals surface area contributed by atoms with Crippen LogP contribution in [0.25, 0.3) is 0 Å². The molecule has 0 bridgehead atoms. The maximum atomic E-state index is 13.7. The van der Waals surface area contributed by atoms with E-state index in [1.54, 1.807) is 0 Å². The zero-order valence-electron chi connectivity index (χ0n) is 18.8. The number of amides is 3. The molecule has 9 heteroatoms. The Morgan fingerprint density at radius 2 is 1.43 bits per heavy atom. The van der Waals surface area contributed by atoms with Crippen LogP contribution in [-0.4, -0.2) is 46.8 Å². The summed E-state index contributed by atoms with van der Waals surface area (Å²) in [7, 11) is 0. The van der Waals surface area contributed by atoms with Crippen LogP contribution in [0.4, 0.5) is 8.78 Å². The minimum Gasteiger partial charge on any atom is -0.349 e. The number of hydrogen-bond acceptors (Lipinski definition) is 4. The van der Waals surface area contributed by atoms with Gasteiger partial charge in [-0.3, -0.25) is 14.4 Å². The van der Waals surface area contributed by atoms with Gasteiger partial charge in [0.25, 0.3) is 17.7 Å². The Kier molecular flexibility index (Phi) is 7.17. The lowest BCUT2D eigenvalue weighted by molar-refractivity contribution is -0.128. The second kappa shape index (κ2) is 10.4. The highest BCUT2D eigenvalue weighted by Crippen LogP contribution is 2.22. The Labute approximate surface area is 201 Å². The van der Waals surface area contributed by atoms with Gasteiger partial charge in [0.05, 0.1) is 0 Å². The van der Waals surface area contributed by atoms with Crippen molar-refractivity contribution in [3.05, 3.63) is 107 Å². The number of nitrogens with one attached hydrogen (secondary N) is 1. The molecule has 1 heterocycles. The molecular weight excluding hydrogens is 454 g/mol. The normalized spacial score (nSPS) is 15.2. The van der Waals surface area contributed by atoms with Crippen molar-refractivity contribution in [3.8, 4) is 0 Å². The Hall–Kier alpha value is -4.11. The van der Waals surface area contributed by atoms with Crippen molar-refractivity contribution in [2.24, 2.45) is 5.73 Å². The van der Waals surface area contributed by atoms with Crippen LogP contribution in [0.5, 0.6) is 0 Å². The molecular formula is C26H24F2N4O3. The Balaban J connectivity index is 1.60. The minimum atomic E-state index is -1.26. The molecule has 0 saturated carbocycles. The second-order valence-corrected chi connectivity index (χ2v) is 8.13. The van der Waals surface area contributed by atoms with Crippen molar-refractivity contribution in [1.82, 2.24) is 15.1 Å². The monoisotopic (exact) mass is 478 g/mol. The summed E-state index contributed by atoms with van der Waals surface area (Å²) in [6, 6.07) is 17.5. The van der Waals surface area contributed by atoms with E-state index in [4.69, 9.17) is 5.73 Å². The average molecular weight is 478 g/mol. The van der Waals surface area contributed by atoms with Gasteiger partial charge in [-0.25, -0.2) is 8.78 Å². The summed E-state index contributed by atoms with van der Waals surface area (Å²) < 4.78 is 27.1. The number of nitrogens with two attached hydrogens (primary N) is 1. The van der Waals surface area contributed by atoms with Gasteiger partial charge in [0, 0.05) is 37.3 Å². The lowest BCUT2D eigenvalue weighted by Gasteiger charge is -2.29. The smallest absolute Gasteiger partial charge is 0.264 e. The fourth-order valence-corrected chi connectivity index (χ4v) is 4.03. The highest BCUT2D eigenvalue weighted by atomic mass is 19.1. The zero-order valence-corrected chi connectivity index (χ0v) is 18.8. The molecule has 3 aromatic rings. The first kappa shape index (κ1) is 24.0. The Morgan fingerprint density at radius 1 is 0.800 bits per heavy atom. The number of carbonyl (C=O) groups is 3. The van der Waals surface area contributed by atoms with E-state index in [0.717, 1.165) is 29.3 Å². The molecule has 4 rings (SSSR count). The van der Waals surface area contributed by atoms with Gasteiger partial charge in [-0.1, -0.05) is 30.3 Å². The quantitative estimate of drug-likeness (QED) is 0.570. The molecule has 1 aliphatic heterocycles. The predicted molar refractivity (Wildman–Crippen MR) is 125 cm³/mol. The summed E-state index contributed by atoms with van der Waals surface area (Å²) in [6.45, 7) is 0.658. The zero-order chi connectivity index (χ0) is 24.9. The van der Waals surface area contributed by atoms with Crippen LogP contribution in [0, 0.1) is 11.6 Å². The SMILES string of the molecule is NCc1cccc(CNC(=O)C2N(C(=O)c3ccc(F)cc3)CCN2C(=O)c2cccc(F)c2)c1. The van der Waals surface area contributed by atoms with Crippen LogP contribution in [0.3, 0.4) is 0 Å². The average Bonchev–Trinajstić information content (AvgIpc) is 3.32. The number of benzene rings is 3. The summed E-state index contributed by atoms with van der Waals surface area (Å²) in [5.74, 6) is -2.76. The highest BCUT2D eigenvalue weighted by Gasteiger charge is 2.43. The number of halogens is 2. The van der Waals surface area contributed by atoms with Crippen LogP contribution in [0.15, 0.2) is 72.8 Å². The minimum absolute atomic E-state index is 0.0644. The van der Waals surface area contributed by atoms with Crippen LogP contribution in [0.2, 0.25) is 0 Å². The molecule has 1 atom stereocenters. The third-order valence-corrected chi connectivity index (χ3v) is 5.79. The molecule has 3 aromatic carbocycles. The highest BCUT2D eigenvalue weighted by molar-refractivity contribution is 6.02. The fourth-order valence-electron chi connectivity index (χ4n) is 4.03. The van der Waals surface area contributed by atoms with Crippen LogP contribution >= 0.6 is 0 Å². The number of carbonyl (C=O) groups excluding carboxylic acids is 3. The number of hydrogen-bond donors (Lipinski definition) is 2. The molecule has 0 aliphatic carbocycles. The van der Waals surface area contributed by atoms with Crippen molar-refractivity contribution in [1.29, 1.82) is 0 Å². The van der Waals surface area contributed by atoms with Crippen molar-refractivity contribution in [3.63, 3.8) is 0 Å². The topological polar surface area (TPSA) is 95.7 Å². The second-order valence-electron chi connectivity index (χ2n) is 8.13. The molecule has 3 amide bonds. The molecule has 180 valence electrons. The molecule has 0 aromatic heterocycles. The Morgan fingerprint density at radius 3 is 2.09 bits per heavy atom. The third kappa shape index (κ3) is 5.36. The van der Waals surface area contributed by atoms with Gasteiger partial charge in [0.2, 0.25) is 0 Å². The van der Waals surface area contributed by atoms with Crippen molar-refractivity contribution in [2.75, 3.05) is 13.1 Å². The molecule has 1 saturated heterocycles. The number of rotatable bonds is 6. The lowest BCUT2D eigenvalue weighted by atomic mass is 10.1. The molecule has 1 aliphatic rings. The van der Waals surface area contributed by atoms with E-state index in [2.05, 4.69) is 5.32 Å². The lowest BCUT2D eigenvalue weighted by Crippen LogP contribution is -2.53. The van der Waals surface area contributed by atoms with E-state index in [1.165, 1.54) is 40.1 Å². The van der Waals surface area contributed by atoms with E-state index in [1.807, 2.05) is 24.3 Å². The van der Waals surface area contributed by atoms with Crippen LogP contribution in [-0.2, 0) is 17.9 Å². The molecule has 1 fully saturated rings. The summed E-state index contributed by atoms with van der Waals surface area (Å²) in [5.41, 5.74) is 7.63. The largest absolute Gasteiger partial charge is 0.349 e. The molecule has 7 nitrogen and oxygen atoms in total. The van der Waals surface area contributed by atoms with E-state index < -0.39 is 35.5 Å². The first-order valence-corrected chi connectivity index (χ1v) is 11.1. The van der Waals surface area contributed by atoms with Gasteiger partial charge in [-0.05, 0) is 53.6 Å². The van der Waals surface area contributed by atoms with E-state index in [-0.39, 0.29) is 30.8 Å². The van der Waals surface area contributed by atoms with Crippen molar-refractivity contribution >= 4 is 17.7 Å².